The Morgan fingerprint density at radius 1 is 1.17 bits per heavy atom. The van der Waals surface area contributed by atoms with Crippen molar-refractivity contribution in [2.24, 2.45) is 0 Å². The molecule has 0 N–H and O–H groups in total. The molecule has 1 aromatic heterocycles. The fraction of sp³-hybridized carbons (Fsp3) is 0.444. The van der Waals surface area contributed by atoms with Gasteiger partial charge in [-0.3, -0.25) is 4.79 Å². The lowest BCUT2D eigenvalue weighted by atomic mass is 10.2. The summed E-state index contributed by atoms with van der Waals surface area (Å²) >= 11 is 0. The van der Waals surface area contributed by atoms with Gasteiger partial charge in [-0.15, -0.1) is 5.10 Å². The molecule has 2 heterocycles. The van der Waals surface area contributed by atoms with Crippen molar-refractivity contribution in [1.82, 2.24) is 19.6 Å². The van der Waals surface area contributed by atoms with Crippen LogP contribution in [0.2, 0.25) is 0 Å². The molecule has 0 radical (unpaired) electrons. The van der Waals surface area contributed by atoms with E-state index in [0.717, 1.165) is 37.4 Å². The van der Waals surface area contributed by atoms with Gasteiger partial charge in [-0.1, -0.05) is 18.2 Å². The predicted octanol–water partition coefficient (Wildman–Crippen LogP) is 1.72. The summed E-state index contributed by atoms with van der Waals surface area (Å²) in [4.78, 5) is 16.6. The van der Waals surface area contributed by atoms with Crippen molar-refractivity contribution in [3.8, 4) is 11.6 Å². The molecule has 6 heteroatoms. The van der Waals surface area contributed by atoms with Crippen LogP contribution in [0.25, 0.3) is 5.69 Å². The van der Waals surface area contributed by atoms with Gasteiger partial charge in [0.2, 0.25) is 5.88 Å². The molecule has 1 fully saturated rings. The lowest BCUT2D eigenvalue weighted by Gasteiger charge is -2.33. The number of aromatic nitrogens is 2. The van der Waals surface area contributed by atoms with Gasteiger partial charge < -0.3 is 14.5 Å². The normalized spacial score (nSPS) is 16.9. The highest BCUT2D eigenvalue weighted by molar-refractivity contribution is 5.81. The SMILES string of the molecule is Cc1cn(-c2ccccc2)nc1O[C@H](C)C(=O)N1CCN(C)CC1. The van der Waals surface area contributed by atoms with E-state index in [-0.39, 0.29) is 5.91 Å². The zero-order valence-corrected chi connectivity index (χ0v) is 14.5. The molecule has 0 spiro atoms. The van der Waals surface area contributed by atoms with Crippen LogP contribution in [-0.2, 0) is 4.79 Å². The number of para-hydroxylation sites is 1. The van der Waals surface area contributed by atoms with Crippen LogP contribution < -0.4 is 4.74 Å². The molecule has 1 atom stereocenters. The van der Waals surface area contributed by atoms with Crippen molar-refractivity contribution in [2.45, 2.75) is 20.0 Å². The Morgan fingerprint density at radius 3 is 2.50 bits per heavy atom. The Hall–Kier alpha value is -2.34. The largest absolute Gasteiger partial charge is 0.463 e. The van der Waals surface area contributed by atoms with Crippen molar-refractivity contribution >= 4 is 5.91 Å². The minimum Gasteiger partial charge on any atom is -0.463 e. The first kappa shape index (κ1) is 16.5. The smallest absolute Gasteiger partial charge is 0.263 e. The number of carbonyl (C=O) groups excluding carboxylic acids is 1. The van der Waals surface area contributed by atoms with E-state index in [4.69, 9.17) is 4.74 Å². The second-order valence-electron chi connectivity index (χ2n) is 6.29. The Kier molecular flexibility index (Phi) is 4.85. The molecule has 0 saturated carbocycles. The summed E-state index contributed by atoms with van der Waals surface area (Å²) in [5, 5.41) is 4.48. The van der Waals surface area contributed by atoms with Crippen molar-refractivity contribution in [3.63, 3.8) is 0 Å². The zero-order chi connectivity index (χ0) is 17.1. The maximum Gasteiger partial charge on any atom is 0.263 e. The first-order valence-corrected chi connectivity index (χ1v) is 8.30. The molecule has 6 nitrogen and oxygen atoms in total. The fourth-order valence-electron chi connectivity index (χ4n) is 2.78. The lowest BCUT2D eigenvalue weighted by Crippen LogP contribution is -2.50. The number of ether oxygens (including phenoxy) is 1. The van der Waals surface area contributed by atoms with E-state index in [9.17, 15) is 4.79 Å². The van der Waals surface area contributed by atoms with E-state index in [1.807, 2.05) is 48.4 Å². The Labute approximate surface area is 142 Å². The van der Waals surface area contributed by atoms with Crippen molar-refractivity contribution in [3.05, 3.63) is 42.1 Å². The Morgan fingerprint density at radius 2 is 1.83 bits per heavy atom. The van der Waals surface area contributed by atoms with Crippen LogP contribution in [0.15, 0.2) is 36.5 Å². The second kappa shape index (κ2) is 7.05. The average molecular weight is 328 g/mol. The molecule has 0 aliphatic carbocycles. The van der Waals surface area contributed by atoms with Crippen LogP contribution in [-0.4, -0.2) is 64.8 Å². The van der Waals surface area contributed by atoms with E-state index in [1.54, 1.807) is 11.6 Å². The molecule has 1 saturated heterocycles. The van der Waals surface area contributed by atoms with Gasteiger partial charge in [-0.2, -0.15) is 0 Å². The van der Waals surface area contributed by atoms with E-state index in [2.05, 4.69) is 17.0 Å². The summed E-state index contributed by atoms with van der Waals surface area (Å²) in [5.41, 5.74) is 1.88. The number of piperazine rings is 1. The molecule has 1 amide bonds. The molecular weight excluding hydrogens is 304 g/mol. The maximum absolute atomic E-state index is 12.5. The van der Waals surface area contributed by atoms with Gasteiger partial charge in [0.1, 0.15) is 0 Å². The minimum absolute atomic E-state index is 0.0248. The number of likely N-dealkylation sites (N-methyl/N-ethyl adjacent to an activating group) is 1. The lowest BCUT2D eigenvalue weighted by molar-refractivity contribution is -0.139. The molecule has 2 aromatic rings. The third-order valence-electron chi connectivity index (χ3n) is 4.32. The average Bonchev–Trinajstić information content (AvgIpc) is 2.96. The van der Waals surface area contributed by atoms with E-state index >= 15 is 0 Å². The first-order chi connectivity index (χ1) is 11.5. The van der Waals surface area contributed by atoms with E-state index in [0.29, 0.717) is 5.88 Å². The van der Waals surface area contributed by atoms with Gasteiger partial charge in [-0.25, -0.2) is 4.68 Å². The van der Waals surface area contributed by atoms with Gasteiger partial charge in [0.15, 0.2) is 6.10 Å². The minimum atomic E-state index is -0.536. The molecule has 0 bridgehead atoms. The number of benzene rings is 1. The predicted molar refractivity (Wildman–Crippen MR) is 92.5 cm³/mol. The molecule has 3 rings (SSSR count). The summed E-state index contributed by atoms with van der Waals surface area (Å²) < 4.78 is 7.63. The van der Waals surface area contributed by atoms with Crippen molar-refractivity contribution in [2.75, 3.05) is 33.2 Å². The van der Waals surface area contributed by atoms with Crippen LogP contribution >= 0.6 is 0 Å². The van der Waals surface area contributed by atoms with Gasteiger partial charge in [-0.05, 0) is 33.0 Å². The van der Waals surface area contributed by atoms with Gasteiger partial charge in [0.25, 0.3) is 5.91 Å². The number of aryl methyl sites for hydroxylation is 1. The number of amides is 1. The molecule has 24 heavy (non-hydrogen) atoms. The van der Waals surface area contributed by atoms with Gasteiger partial charge in [0, 0.05) is 37.9 Å². The zero-order valence-electron chi connectivity index (χ0n) is 14.5. The summed E-state index contributed by atoms with van der Waals surface area (Å²) in [5.74, 6) is 0.533. The third-order valence-corrected chi connectivity index (χ3v) is 4.32. The number of rotatable bonds is 4. The van der Waals surface area contributed by atoms with Crippen LogP contribution in [0.3, 0.4) is 0 Å². The van der Waals surface area contributed by atoms with Crippen LogP contribution in [0.5, 0.6) is 5.88 Å². The summed E-state index contributed by atoms with van der Waals surface area (Å²) in [7, 11) is 2.07. The number of carbonyl (C=O) groups is 1. The third kappa shape index (κ3) is 3.59. The maximum atomic E-state index is 12.5. The van der Waals surface area contributed by atoms with Gasteiger partial charge >= 0.3 is 0 Å². The highest BCUT2D eigenvalue weighted by Gasteiger charge is 2.26. The fourth-order valence-corrected chi connectivity index (χ4v) is 2.78. The standard InChI is InChI=1S/C18H24N4O2/c1-14-13-22(16-7-5-4-6-8-16)19-17(14)24-15(2)18(23)21-11-9-20(3)10-12-21/h4-8,13,15H,9-12H2,1-3H3/t15-/m1/s1. The van der Waals surface area contributed by atoms with Crippen LogP contribution in [0.4, 0.5) is 0 Å². The molecule has 128 valence electrons. The van der Waals surface area contributed by atoms with Crippen LogP contribution in [0.1, 0.15) is 12.5 Å². The number of hydrogen-bond acceptors (Lipinski definition) is 4. The summed E-state index contributed by atoms with van der Waals surface area (Å²) in [6, 6.07) is 9.86. The molecule has 1 aromatic carbocycles. The first-order valence-electron chi connectivity index (χ1n) is 8.30. The topological polar surface area (TPSA) is 50.6 Å². The van der Waals surface area contributed by atoms with Gasteiger partial charge in [0.05, 0.1) is 5.69 Å². The molecular formula is C18H24N4O2. The van der Waals surface area contributed by atoms with Crippen LogP contribution in [0, 0.1) is 6.92 Å². The highest BCUT2D eigenvalue weighted by atomic mass is 16.5. The monoisotopic (exact) mass is 328 g/mol. The number of hydrogen-bond donors (Lipinski definition) is 0. The molecule has 1 aliphatic heterocycles. The van der Waals surface area contributed by atoms with E-state index < -0.39 is 6.10 Å². The van der Waals surface area contributed by atoms with Crippen molar-refractivity contribution < 1.29 is 9.53 Å². The molecule has 1 aliphatic rings. The summed E-state index contributed by atoms with van der Waals surface area (Å²) in [6.07, 6.45) is 1.38. The van der Waals surface area contributed by atoms with E-state index in [1.165, 1.54) is 0 Å². The highest BCUT2D eigenvalue weighted by Crippen LogP contribution is 2.19. The Bertz CT molecular complexity index is 690. The second-order valence-corrected chi connectivity index (χ2v) is 6.29. The number of nitrogens with zero attached hydrogens (tertiary/aromatic N) is 4. The summed E-state index contributed by atoms with van der Waals surface area (Å²) in [6.45, 7) is 7.04. The quantitative estimate of drug-likeness (QED) is 0.857. The van der Waals surface area contributed by atoms with Crippen molar-refractivity contribution in [1.29, 1.82) is 0 Å². The Balaban J connectivity index is 1.67. The molecule has 0 unspecified atom stereocenters.